The number of morpholine rings is 1. The first-order chi connectivity index (χ1) is 22.1. The molecule has 5 N–H and O–H groups in total. The first kappa shape index (κ1) is 32.7. The van der Waals surface area contributed by atoms with Crippen LogP contribution in [0.3, 0.4) is 0 Å². The van der Waals surface area contributed by atoms with Crippen LogP contribution >= 0.6 is 0 Å². The number of primary amides is 1. The van der Waals surface area contributed by atoms with Gasteiger partial charge in [-0.25, -0.2) is 21.8 Å². The predicted molar refractivity (Wildman–Crippen MR) is 160 cm³/mol. The van der Waals surface area contributed by atoms with Crippen molar-refractivity contribution in [1.29, 1.82) is 0 Å². The number of carbonyl (C=O) groups is 1. The molecule has 0 radical (unpaired) electrons. The molecule has 2 aromatic heterocycles. The number of aromatic amines is 1. The maximum absolute atomic E-state index is 14.4. The van der Waals surface area contributed by atoms with E-state index in [0.717, 1.165) is 19.1 Å². The molecule has 1 amide bonds. The van der Waals surface area contributed by atoms with Gasteiger partial charge in [0.1, 0.15) is 21.2 Å². The number of hydrogen-bond acceptors (Lipinski definition) is 11. The van der Waals surface area contributed by atoms with Gasteiger partial charge >= 0.3 is 5.51 Å². The lowest BCUT2D eigenvalue weighted by Crippen LogP contribution is -2.53. The molecule has 0 aliphatic carbocycles. The number of anilines is 1. The minimum absolute atomic E-state index is 0.00386. The molecule has 0 saturated carbocycles. The van der Waals surface area contributed by atoms with E-state index in [1.165, 1.54) is 24.4 Å². The number of aromatic nitrogens is 2. The first-order valence-corrected chi connectivity index (χ1v) is 17.0. The zero-order valence-corrected chi connectivity index (χ0v) is 26.2. The number of alkyl halides is 3. The number of amides is 1. The van der Waals surface area contributed by atoms with E-state index >= 15 is 0 Å². The Bertz CT molecular complexity index is 2120. The molecule has 2 aliphatic heterocycles. The lowest BCUT2D eigenvalue weighted by atomic mass is 10.00. The normalized spacial score (nSPS) is 18.3. The lowest BCUT2D eigenvalue weighted by molar-refractivity contribution is -0.115. The molecule has 1 atom stereocenters. The number of para-hydroxylation sites is 1. The molecule has 4 heterocycles. The minimum Gasteiger partial charge on any atom is -0.453 e. The summed E-state index contributed by atoms with van der Waals surface area (Å²) >= 11 is 0. The number of nitrogens with two attached hydrogens (primary N) is 2. The Morgan fingerprint density at radius 1 is 1.13 bits per heavy atom. The van der Waals surface area contributed by atoms with Crippen molar-refractivity contribution in [2.24, 2.45) is 5.73 Å². The van der Waals surface area contributed by atoms with Gasteiger partial charge in [-0.3, -0.25) is 9.69 Å². The highest BCUT2D eigenvalue weighted by molar-refractivity contribution is 7.93. The fourth-order valence-electron chi connectivity index (χ4n) is 5.65. The maximum Gasteiger partial charge on any atom is 0.502 e. The topological polar surface area (TPSA) is 197 Å². The SMILES string of the molecule is Cc1c(C2CN(C3COC3)CCO2)cc(S(=O)(=O)c2cccc(C(N)=O)c2Oc2cnc3[nH]ccc3c2)c(N)c1S(=O)(=O)C(F)(F)F. The van der Waals surface area contributed by atoms with E-state index in [1.54, 1.807) is 12.3 Å². The zero-order valence-electron chi connectivity index (χ0n) is 24.6. The number of benzene rings is 2. The molecule has 2 fully saturated rings. The van der Waals surface area contributed by atoms with Crippen LogP contribution in [0.5, 0.6) is 11.5 Å². The molecule has 250 valence electrons. The number of nitrogens with zero attached hydrogens (tertiary/aromatic N) is 2. The number of hydrogen-bond donors (Lipinski definition) is 3. The van der Waals surface area contributed by atoms with Gasteiger partial charge in [0.2, 0.25) is 9.84 Å². The monoisotopic (exact) mass is 695 g/mol. The quantitative estimate of drug-likeness (QED) is 0.229. The van der Waals surface area contributed by atoms with Crippen LogP contribution in [0.2, 0.25) is 0 Å². The van der Waals surface area contributed by atoms with Crippen LogP contribution in [0.4, 0.5) is 18.9 Å². The van der Waals surface area contributed by atoms with Gasteiger partial charge in [-0.15, -0.1) is 0 Å². The number of H-pyrrole nitrogens is 1. The second-order valence-electron chi connectivity index (χ2n) is 11.0. The van der Waals surface area contributed by atoms with Crippen molar-refractivity contribution in [2.45, 2.75) is 39.3 Å². The smallest absolute Gasteiger partial charge is 0.453 e. The summed E-state index contributed by atoms with van der Waals surface area (Å²) in [5.41, 5.74) is 4.21. The molecule has 6 rings (SSSR count). The van der Waals surface area contributed by atoms with E-state index in [4.69, 9.17) is 25.7 Å². The number of sulfone groups is 2. The number of nitrogen functional groups attached to an aromatic ring is 1. The third-order valence-corrected chi connectivity index (χ3v) is 11.6. The highest BCUT2D eigenvalue weighted by Gasteiger charge is 2.50. The van der Waals surface area contributed by atoms with Crippen molar-refractivity contribution < 1.29 is 49.0 Å². The molecule has 0 bridgehead atoms. The summed E-state index contributed by atoms with van der Waals surface area (Å²) in [6.07, 6.45) is 1.83. The number of pyridine rings is 1. The highest BCUT2D eigenvalue weighted by Crippen LogP contribution is 2.45. The standard InChI is InChI=1S/C29H28F3N5O8S2/c1-15-20(21-12-37(7-8-44-21)17-13-43-14-17)10-23(24(33)26(15)47(41,42)29(30,31)32)46(39,40)22-4-2-3-19(27(34)38)25(22)45-18-9-16-5-6-35-28(16)36-11-18/h2-6,9-11,17,21H,7-8,12-14,33H2,1H3,(H2,34,38)(H,35,36). The molecule has 2 aliphatic rings. The Balaban J connectivity index is 1.55. The summed E-state index contributed by atoms with van der Waals surface area (Å²) in [4.78, 5) is 18.4. The van der Waals surface area contributed by atoms with E-state index in [9.17, 15) is 34.8 Å². The van der Waals surface area contributed by atoms with Gasteiger partial charge in [-0.1, -0.05) is 6.07 Å². The fraction of sp³-hybridized carbons (Fsp3) is 0.310. The summed E-state index contributed by atoms with van der Waals surface area (Å²) in [6.45, 7) is 2.68. The molecule has 1 unspecified atom stereocenters. The summed E-state index contributed by atoms with van der Waals surface area (Å²) in [5, 5.41) is 0.577. The van der Waals surface area contributed by atoms with Crippen molar-refractivity contribution in [3.63, 3.8) is 0 Å². The summed E-state index contributed by atoms with van der Waals surface area (Å²) < 4.78 is 114. The summed E-state index contributed by atoms with van der Waals surface area (Å²) in [5.74, 6) is -1.65. The molecule has 2 saturated heterocycles. The predicted octanol–water partition coefficient (Wildman–Crippen LogP) is 3.24. The average Bonchev–Trinajstić information content (AvgIpc) is 3.44. The lowest BCUT2D eigenvalue weighted by Gasteiger charge is -2.42. The van der Waals surface area contributed by atoms with Crippen LogP contribution in [0.25, 0.3) is 11.0 Å². The van der Waals surface area contributed by atoms with Gasteiger partial charge in [-0.2, -0.15) is 13.2 Å². The number of ether oxygens (including phenoxy) is 3. The van der Waals surface area contributed by atoms with Crippen molar-refractivity contribution in [1.82, 2.24) is 14.9 Å². The second-order valence-corrected chi connectivity index (χ2v) is 14.8. The molecule has 2 aromatic carbocycles. The molecular weight excluding hydrogens is 667 g/mol. The Kier molecular flexibility index (Phi) is 8.20. The maximum atomic E-state index is 14.4. The van der Waals surface area contributed by atoms with E-state index in [2.05, 4.69) is 9.97 Å². The van der Waals surface area contributed by atoms with E-state index < -0.39 is 68.9 Å². The molecular formula is C29H28F3N5O8S2. The van der Waals surface area contributed by atoms with Gasteiger partial charge in [0.05, 0.1) is 54.3 Å². The first-order valence-electron chi connectivity index (χ1n) is 14.1. The molecule has 13 nitrogen and oxygen atoms in total. The summed E-state index contributed by atoms with van der Waals surface area (Å²) in [6, 6.07) is 7.58. The van der Waals surface area contributed by atoms with E-state index in [0.29, 0.717) is 30.8 Å². The third-order valence-electron chi connectivity index (χ3n) is 8.14. The Labute approximate surface area is 266 Å². The largest absolute Gasteiger partial charge is 0.502 e. The average molecular weight is 696 g/mol. The van der Waals surface area contributed by atoms with Crippen molar-refractivity contribution in [3.05, 3.63) is 65.5 Å². The van der Waals surface area contributed by atoms with Crippen molar-refractivity contribution in [2.75, 3.05) is 38.6 Å². The molecule has 4 aromatic rings. The van der Waals surface area contributed by atoms with E-state index in [1.807, 2.05) is 4.90 Å². The van der Waals surface area contributed by atoms with Crippen LogP contribution in [-0.4, -0.2) is 82.1 Å². The Morgan fingerprint density at radius 3 is 2.53 bits per heavy atom. The number of carbonyl (C=O) groups excluding carboxylic acids is 1. The zero-order chi connectivity index (χ0) is 33.9. The second kappa shape index (κ2) is 11.8. The van der Waals surface area contributed by atoms with Gasteiger partial charge in [0.25, 0.3) is 15.7 Å². The third kappa shape index (κ3) is 5.69. The fourth-order valence-corrected chi connectivity index (χ4v) is 8.43. The van der Waals surface area contributed by atoms with Gasteiger partial charge in [0, 0.05) is 24.7 Å². The van der Waals surface area contributed by atoms with Crippen LogP contribution < -0.4 is 16.2 Å². The molecule has 0 spiro atoms. The van der Waals surface area contributed by atoms with Crippen LogP contribution in [0.1, 0.15) is 27.6 Å². The molecule has 47 heavy (non-hydrogen) atoms. The highest BCUT2D eigenvalue weighted by atomic mass is 32.2. The van der Waals surface area contributed by atoms with Crippen molar-refractivity contribution in [3.8, 4) is 11.5 Å². The van der Waals surface area contributed by atoms with E-state index in [-0.39, 0.29) is 36.1 Å². The van der Waals surface area contributed by atoms with Crippen molar-refractivity contribution >= 4 is 42.3 Å². The van der Waals surface area contributed by atoms with Crippen LogP contribution in [0.15, 0.2) is 63.5 Å². The number of rotatable bonds is 8. The number of halogens is 3. The Morgan fingerprint density at radius 2 is 1.87 bits per heavy atom. The van der Waals surface area contributed by atoms with Gasteiger partial charge in [0.15, 0.2) is 5.75 Å². The van der Waals surface area contributed by atoms with Crippen LogP contribution in [-0.2, 0) is 29.1 Å². The Hall–Kier alpha value is -4.23. The van der Waals surface area contributed by atoms with Crippen LogP contribution in [0, 0.1) is 6.92 Å². The van der Waals surface area contributed by atoms with Gasteiger partial charge in [-0.05, 0) is 48.4 Å². The number of fused-ring (bicyclic) bond motifs is 1. The summed E-state index contributed by atoms with van der Waals surface area (Å²) in [7, 11) is -11.2. The molecule has 18 heteroatoms. The number of nitrogens with one attached hydrogen (secondary N) is 1. The minimum atomic E-state index is -6.18. The van der Waals surface area contributed by atoms with Gasteiger partial charge < -0.3 is 30.7 Å².